The first-order chi connectivity index (χ1) is 21.2. The van der Waals surface area contributed by atoms with Gasteiger partial charge < -0.3 is 34.9 Å². The van der Waals surface area contributed by atoms with Gasteiger partial charge in [-0.1, -0.05) is 41.5 Å². The molecule has 13 atom stereocenters. The summed E-state index contributed by atoms with van der Waals surface area (Å²) in [5, 5.41) is 18.6. The third-order valence-electron chi connectivity index (χ3n) is 14.9. The highest BCUT2D eigenvalue weighted by molar-refractivity contribution is 5.68. The minimum atomic E-state index is -0.503. The van der Waals surface area contributed by atoms with Crippen LogP contribution in [0, 0.1) is 57.2 Å². The number of fused-ring (bicyclic) bond motifs is 4. The van der Waals surface area contributed by atoms with Crippen molar-refractivity contribution in [2.45, 2.75) is 129 Å². The van der Waals surface area contributed by atoms with Crippen molar-refractivity contribution in [2.24, 2.45) is 57.2 Å². The summed E-state index contributed by atoms with van der Waals surface area (Å²) in [7, 11) is 3.43. The standard InChI is InChI=1S/C36H59N3O6/c1-19(2)29(45-32(42)39(7)8)23-15-20(3)26-30(43-23)28(40)27-22-9-10-24-33(4,5)25(44-31(41)38-21-16-37-17-21)11-12-36(24)18-35(22,36)14-13-34(26,27)6/h19-30,37,40H,9-18H2,1-8H3,(H,38,41)/t20-,22?,23?,24+,25+,26+,27?,28-,29-,30?,34?,35+,36-/m1/s1. The van der Waals surface area contributed by atoms with E-state index in [4.69, 9.17) is 14.2 Å². The first-order valence-electron chi connectivity index (χ1n) is 18.1. The first kappa shape index (κ1) is 32.0. The Morgan fingerprint density at radius 3 is 2.40 bits per heavy atom. The summed E-state index contributed by atoms with van der Waals surface area (Å²) in [4.78, 5) is 26.9. The number of amides is 2. The summed E-state index contributed by atoms with van der Waals surface area (Å²) in [6.45, 7) is 15.3. The van der Waals surface area contributed by atoms with Crippen molar-refractivity contribution in [3.63, 3.8) is 0 Å². The lowest BCUT2D eigenvalue weighted by molar-refractivity contribution is -0.179. The van der Waals surface area contributed by atoms with Crippen LogP contribution in [0.4, 0.5) is 9.59 Å². The number of ether oxygens (including phenoxy) is 3. The number of carbonyl (C=O) groups excluding carboxylic acids is 2. The predicted molar refractivity (Wildman–Crippen MR) is 170 cm³/mol. The fourth-order valence-corrected chi connectivity index (χ4v) is 12.9. The molecule has 5 aliphatic carbocycles. The number of aliphatic hydroxyl groups is 1. The van der Waals surface area contributed by atoms with E-state index in [-0.39, 0.29) is 70.7 Å². The van der Waals surface area contributed by atoms with Gasteiger partial charge in [-0.05, 0) is 103 Å². The Bertz CT molecular complexity index is 1190. The molecule has 0 bridgehead atoms. The number of carbonyl (C=O) groups is 2. The zero-order chi connectivity index (χ0) is 32.3. The van der Waals surface area contributed by atoms with E-state index in [0.29, 0.717) is 29.1 Å². The van der Waals surface area contributed by atoms with Gasteiger partial charge in [0, 0.05) is 32.6 Å². The lowest BCUT2D eigenvalue weighted by atomic mass is 9.46. The quantitative estimate of drug-likeness (QED) is 0.384. The lowest BCUT2D eigenvalue weighted by Gasteiger charge is -2.59. The van der Waals surface area contributed by atoms with Crippen LogP contribution >= 0.6 is 0 Å². The first-order valence-corrected chi connectivity index (χ1v) is 18.1. The summed E-state index contributed by atoms with van der Waals surface area (Å²) < 4.78 is 19.0. The van der Waals surface area contributed by atoms with Gasteiger partial charge in [-0.15, -0.1) is 0 Å². The van der Waals surface area contributed by atoms with E-state index in [0.717, 1.165) is 51.6 Å². The SMILES string of the molecule is CC(C)[C@@H](OC(=O)N(C)C)C1C[C@@H](C)[C@H]2C(O1)[C@H](O)C1C3CC[C@H]4C(C)(C)[C@@H](OC(=O)NC5CNC5)CC[C@@]45C[C@@]35CCC12C. The average Bonchev–Trinajstić information content (AvgIpc) is 3.55. The lowest BCUT2D eigenvalue weighted by Crippen LogP contribution is -2.59. The zero-order valence-electron chi connectivity index (χ0n) is 28.9. The molecule has 0 aromatic heterocycles. The maximum Gasteiger partial charge on any atom is 0.409 e. The summed E-state index contributed by atoms with van der Waals surface area (Å²) in [5.41, 5.74) is 0.534. The third kappa shape index (κ3) is 4.55. The number of hydrogen-bond donors (Lipinski definition) is 3. The van der Waals surface area contributed by atoms with Crippen LogP contribution in [0.5, 0.6) is 0 Å². The van der Waals surface area contributed by atoms with Gasteiger partial charge in [-0.2, -0.15) is 0 Å². The van der Waals surface area contributed by atoms with Gasteiger partial charge in [0.05, 0.1) is 24.4 Å². The molecule has 0 radical (unpaired) electrons. The molecular weight excluding hydrogens is 570 g/mol. The Morgan fingerprint density at radius 1 is 1.02 bits per heavy atom. The second-order valence-electron chi connectivity index (χ2n) is 17.9. The molecule has 7 fully saturated rings. The number of rotatable bonds is 5. The van der Waals surface area contributed by atoms with Crippen molar-refractivity contribution in [3.05, 3.63) is 0 Å². The highest BCUT2D eigenvalue weighted by atomic mass is 16.6. The number of alkyl carbamates (subject to hydrolysis) is 1. The molecule has 5 unspecified atom stereocenters. The molecule has 2 saturated heterocycles. The Hall–Kier alpha value is -1.58. The van der Waals surface area contributed by atoms with Crippen molar-refractivity contribution < 1.29 is 28.9 Å². The highest BCUT2D eigenvalue weighted by Gasteiger charge is 2.82. The maximum atomic E-state index is 12.8. The molecule has 2 aliphatic heterocycles. The Balaban J connectivity index is 1.10. The van der Waals surface area contributed by atoms with Crippen LogP contribution in [-0.2, 0) is 14.2 Å². The second-order valence-corrected chi connectivity index (χ2v) is 17.9. The molecule has 0 aromatic rings. The number of hydrogen-bond acceptors (Lipinski definition) is 7. The maximum absolute atomic E-state index is 12.8. The second kappa shape index (κ2) is 10.7. The van der Waals surface area contributed by atoms with Crippen molar-refractivity contribution >= 4 is 12.2 Å². The highest BCUT2D eigenvalue weighted by Crippen LogP contribution is 2.87. The van der Waals surface area contributed by atoms with E-state index in [1.54, 1.807) is 14.1 Å². The van der Waals surface area contributed by atoms with Gasteiger partial charge in [-0.25, -0.2) is 9.59 Å². The van der Waals surface area contributed by atoms with Crippen LogP contribution < -0.4 is 10.6 Å². The molecule has 2 amide bonds. The topological polar surface area (TPSA) is 109 Å². The molecule has 254 valence electrons. The normalized spacial score (nSPS) is 48.4. The molecule has 9 heteroatoms. The molecule has 45 heavy (non-hydrogen) atoms. The van der Waals surface area contributed by atoms with E-state index in [1.165, 1.54) is 17.7 Å². The van der Waals surface area contributed by atoms with E-state index < -0.39 is 6.10 Å². The van der Waals surface area contributed by atoms with E-state index in [1.807, 2.05) is 0 Å². The van der Waals surface area contributed by atoms with E-state index in [2.05, 4.69) is 52.2 Å². The van der Waals surface area contributed by atoms with Gasteiger partial charge >= 0.3 is 12.2 Å². The van der Waals surface area contributed by atoms with Crippen molar-refractivity contribution in [3.8, 4) is 0 Å². The fourth-order valence-electron chi connectivity index (χ4n) is 12.9. The smallest absolute Gasteiger partial charge is 0.409 e. The molecule has 2 heterocycles. The third-order valence-corrected chi connectivity index (χ3v) is 14.9. The van der Waals surface area contributed by atoms with Gasteiger partial charge in [0.15, 0.2) is 0 Å². The number of nitrogens with one attached hydrogen (secondary N) is 2. The Morgan fingerprint density at radius 2 is 1.76 bits per heavy atom. The predicted octanol–water partition coefficient (Wildman–Crippen LogP) is 5.20. The van der Waals surface area contributed by atoms with Crippen LogP contribution in [0.25, 0.3) is 0 Å². The Labute approximate surface area is 270 Å². The minimum absolute atomic E-state index is 0.0406. The van der Waals surface area contributed by atoms with Crippen LogP contribution in [-0.4, -0.2) is 85.9 Å². The van der Waals surface area contributed by atoms with Crippen molar-refractivity contribution in [1.29, 1.82) is 0 Å². The zero-order valence-corrected chi connectivity index (χ0v) is 28.9. The summed E-state index contributed by atoms with van der Waals surface area (Å²) in [5.74, 6) is 2.06. The van der Waals surface area contributed by atoms with E-state index >= 15 is 0 Å². The Kier molecular flexibility index (Phi) is 7.62. The van der Waals surface area contributed by atoms with Crippen LogP contribution in [0.1, 0.15) is 92.9 Å². The van der Waals surface area contributed by atoms with E-state index in [9.17, 15) is 14.7 Å². The summed E-state index contributed by atoms with van der Waals surface area (Å²) >= 11 is 0. The minimum Gasteiger partial charge on any atom is -0.446 e. The van der Waals surface area contributed by atoms with Gasteiger partial charge in [0.25, 0.3) is 0 Å². The monoisotopic (exact) mass is 629 g/mol. The molecule has 7 aliphatic rings. The fraction of sp³-hybridized carbons (Fsp3) is 0.944. The molecule has 9 nitrogen and oxygen atoms in total. The molecule has 0 aromatic carbocycles. The van der Waals surface area contributed by atoms with Gasteiger partial charge in [-0.3, -0.25) is 0 Å². The number of aliphatic hydroxyl groups excluding tert-OH is 1. The molecule has 7 rings (SSSR count). The largest absolute Gasteiger partial charge is 0.446 e. The summed E-state index contributed by atoms with van der Waals surface area (Å²) in [6.07, 6.45) is 6.85. The van der Waals surface area contributed by atoms with Crippen LogP contribution in [0.2, 0.25) is 0 Å². The molecular formula is C36H59N3O6. The average molecular weight is 630 g/mol. The summed E-state index contributed by atoms with van der Waals surface area (Å²) in [6, 6.07) is 0.182. The van der Waals surface area contributed by atoms with Gasteiger partial charge in [0.2, 0.25) is 0 Å². The van der Waals surface area contributed by atoms with Crippen molar-refractivity contribution in [2.75, 3.05) is 27.2 Å². The molecule has 2 spiro atoms. The van der Waals surface area contributed by atoms with Crippen LogP contribution in [0.3, 0.4) is 0 Å². The molecule has 5 saturated carbocycles. The molecule has 3 N–H and O–H groups in total. The van der Waals surface area contributed by atoms with Crippen molar-refractivity contribution in [1.82, 2.24) is 15.5 Å². The van der Waals surface area contributed by atoms with Gasteiger partial charge in [0.1, 0.15) is 12.2 Å². The van der Waals surface area contributed by atoms with Crippen LogP contribution in [0.15, 0.2) is 0 Å². The number of nitrogens with zero attached hydrogens (tertiary/aromatic N) is 1.